The van der Waals surface area contributed by atoms with Crippen LogP contribution in [0.3, 0.4) is 0 Å². The van der Waals surface area contributed by atoms with Crippen LogP contribution in [0.4, 0.5) is 5.82 Å². The van der Waals surface area contributed by atoms with Crippen molar-refractivity contribution < 1.29 is 10.2 Å². The number of rotatable bonds is 1. The van der Waals surface area contributed by atoms with Crippen molar-refractivity contribution in [2.75, 3.05) is 5.73 Å². The third-order valence-corrected chi connectivity index (χ3v) is 3.29. The molecule has 0 radical (unpaired) electrons. The highest BCUT2D eigenvalue weighted by molar-refractivity contribution is 5.81. The van der Waals surface area contributed by atoms with E-state index in [0.29, 0.717) is 29.8 Å². The molecule has 0 spiro atoms. The van der Waals surface area contributed by atoms with E-state index in [4.69, 9.17) is 5.73 Å². The van der Waals surface area contributed by atoms with Crippen LogP contribution >= 0.6 is 0 Å². The van der Waals surface area contributed by atoms with E-state index in [9.17, 15) is 10.2 Å². The molecular weight excluding hydrogens is 222 g/mol. The molecule has 1 fully saturated rings. The predicted molar refractivity (Wildman–Crippen MR) is 60.0 cm³/mol. The maximum Gasteiger partial charge on any atom is 0.165 e. The van der Waals surface area contributed by atoms with Gasteiger partial charge in [0.2, 0.25) is 0 Å². The van der Waals surface area contributed by atoms with Crippen LogP contribution in [-0.2, 0) is 0 Å². The van der Waals surface area contributed by atoms with Crippen molar-refractivity contribution in [2.45, 2.75) is 31.1 Å². The number of nitrogen functional groups attached to an aromatic ring is 1. The molecule has 1 aliphatic carbocycles. The highest BCUT2D eigenvalue weighted by atomic mass is 16.3. The van der Waals surface area contributed by atoms with Crippen LogP contribution in [0.15, 0.2) is 12.7 Å². The summed E-state index contributed by atoms with van der Waals surface area (Å²) in [6.07, 6.45) is 2.75. The first-order valence-corrected chi connectivity index (χ1v) is 5.47. The summed E-state index contributed by atoms with van der Waals surface area (Å²) >= 11 is 0. The van der Waals surface area contributed by atoms with Crippen LogP contribution in [0.25, 0.3) is 11.2 Å². The Morgan fingerprint density at radius 1 is 1.24 bits per heavy atom. The molecule has 1 aliphatic rings. The minimum Gasteiger partial charge on any atom is -0.390 e. The molecule has 0 saturated heterocycles. The molecule has 90 valence electrons. The van der Waals surface area contributed by atoms with E-state index >= 15 is 0 Å². The molecule has 2 heterocycles. The van der Waals surface area contributed by atoms with E-state index in [1.54, 1.807) is 10.9 Å². The number of imidazole rings is 1. The van der Waals surface area contributed by atoms with E-state index in [1.807, 2.05) is 0 Å². The Labute approximate surface area is 96.9 Å². The van der Waals surface area contributed by atoms with Crippen LogP contribution in [-0.4, -0.2) is 41.9 Å². The fourth-order valence-corrected chi connectivity index (χ4v) is 2.36. The van der Waals surface area contributed by atoms with Gasteiger partial charge in [0.1, 0.15) is 17.9 Å². The number of anilines is 1. The Balaban J connectivity index is 2.10. The third-order valence-electron chi connectivity index (χ3n) is 3.29. The van der Waals surface area contributed by atoms with Gasteiger partial charge >= 0.3 is 0 Å². The van der Waals surface area contributed by atoms with Gasteiger partial charge in [0.15, 0.2) is 11.5 Å². The molecule has 0 amide bonds. The average Bonchev–Trinajstić information content (AvgIpc) is 2.86. The molecule has 0 aliphatic heterocycles. The van der Waals surface area contributed by atoms with Crippen LogP contribution < -0.4 is 5.73 Å². The van der Waals surface area contributed by atoms with Gasteiger partial charge in [0, 0.05) is 0 Å². The zero-order valence-corrected chi connectivity index (χ0v) is 9.06. The van der Waals surface area contributed by atoms with Crippen molar-refractivity contribution >= 4 is 17.0 Å². The SMILES string of the molecule is Nc1ncnc2c1ncn2[C@H]1CCC(O)C1O. The Bertz CT molecular complexity index is 555. The number of fused-ring (bicyclic) bond motifs is 1. The van der Waals surface area contributed by atoms with Crippen molar-refractivity contribution in [2.24, 2.45) is 0 Å². The van der Waals surface area contributed by atoms with Crippen LogP contribution in [0, 0.1) is 0 Å². The van der Waals surface area contributed by atoms with E-state index in [2.05, 4.69) is 15.0 Å². The molecule has 17 heavy (non-hydrogen) atoms. The molecule has 7 heteroatoms. The molecule has 2 unspecified atom stereocenters. The van der Waals surface area contributed by atoms with Crippen LogP contribution in [0.2, 0.25) is 0 Å². The van der Waals surface area contributed by atoms with Gasteiger partial charge in [-0.3, -0.25) is 0 Å². The van der Waals surface area contributed by atoms with Crippen molar-refractivity contribution in [1.29, 1.82) is 0 Å². The van der Waals surface area contributed by atoms with Gasteiger partial charge in [-0.25, -0.2) is 15.0 Å². The fraction of sp³-hybridized carbons (Fsp3) is 0.500. The Morgan fingerprint density at radius 3 is 2.76 bits per heavy atom. The Hall–Kier alpha value is -1.73. The molecule has 4 N–H and O–H groups in total. The van der Waals surface area contributed by atoms with Gasteiger partial charge in [-0.05, 0) is 12.8 Å². The number of aliphatic hydroxyl groups excluding tert-OH is 2. The summed E-state index contributed by atoms with van der Waals surface area (Å²) in [4.78, 5) is 12.1. The van der Waals surface area contributed by atoms with Crippen molar-refractivity contribution in [3.8, 4) is 0 Å². The first-order chi connectivity index (χ1) is 8.18. The van der Waals surface area contributed by atoms with E-state index in [0.717, 1.165) is 0 Å². The molecule has 2 aromatic heterocycles. The second kappa shape index (κ2) is 3.64. The predicted octanol–water partition coefficient (Wildman–Crippen LogP) is -0.535. The zero-order valence-electron chi connectivity index (χ0n) is 9.06. The number of hydrogen-bond acceptors (Lipinski definition) is 6. The topological polar surface area (TPSA) is 110 Å². The quantitative estimate of drug-likeness (QED) is 0.612. The van der Waals surface area contributed by atoms with Gasteiger partial charge in [-0.15, -0.1) is 0 Å². The summed E-state index contributed by atoms with van der Waals surface area (Å²) in [6, 6.07) is -0.204. The lowest BCUT2D eigenvalue weighted by atomic mass is 10.2. The summed E-state index contributed by atoms with van der Waals surface area (Å²) in [5.41, 5.74) is 6.81. The Morgan fingerprint density at radius 2 is 2.06 bits per heavy atom. The van der Waals surface area contributed by atoms with Gasteiger partial charge in [-0.1, -0.05) is 0 Å². The molecule has 0 bridgehead atoms. The van der Waals surface area contributed by atoms with Gasteiger partial charge in [-0.2, -0.15) is 0 Å². The first kappa shape index (κ1) is 10.4. The van der Waals surface area contributed by atoms with Crippen LogP contribution in [0.5, 0.6) is 0 Å². The normalized spacial score (nSPS) is 28.9. The highest BCUT2D eigenvalue weighted by Crippen LogP contribution is 2.32. The number of aromatic nitrogens is 4. The van der Waals surface area contributed by atoms with Crippen molar-refractivity contribution in [3.05, 3.63) is 12.7 Å². The second-order valence-electron chi connectivity index (χ2n) is 4.29. The summed E-state index contributed by atoms with van der Waals surface area (Å²) in [5, 5.41) is 19.4. The van der Waals surface area contributed by atoms with Gasteiger partial charge in [0.25, 0.3) is 0 Å². The summed E-state index contributed by atoms with van der Waals surface area (Å²) < 4.78 is 1.76. The summed E-state index contributed by atoms with van der Waals surface area (Å²) in [5.74, 6) is 0.321. The van der Waals surface area contributed by atoms with E-state index < -0.39 is 12.2 Å². The summed E-state index contributed by atoms with van der Waals surface area (Å²) in [6.45, 7) is 0. The lowest BCUT2D eigenvalue weighted by Gasteiger charge is -2.17. The molecule has 3 atom stereocenters. The molecule has 2 aromatic rings. The maximum absolute atomic E-state index is 9.88. The number of hydrogen-bond donors (Lipinski definition) is 3. The lowest BCUT2D eigenvalue weighted by molar-refractivity contribution is 0.0241. The monoisotopic (exact) mass is 235 g/mol. The lowest BCUT2D eigenvalue weighted by Crippen LogP contribution is -2.26. The largest absolute Gasteiger partial charge is 0.390 e. The van der Waals surface area contributed by atoms with Crippen molar-refractivity contribution in [1.82, 2.24) is 19.5 Å². The number of aliphatic hydroxyl groups is 2. The smallest absolute Gasteiger partial charge is 0.165 e. The molecule has 1 saturated carbocycles. The van der Waals surface area contributed by atoms with Gasteiger partial charge in [0.05, 0.1) is 18.5 Å². The summed E-state index contributed by atoms with van der Waals surface area (Å²) in [7, 11) is 0. The van der Waals surface area contributed by atoms with Crippen LogP contribution in [0.1, 0.15) is 18.9 Å². The number of nitrogens with two attached hydrogens (primary N) is 1. The minimum absolute atomic E-state index is 0.204. The number of nitrogens with zero attached hydrogens (tertiary/aromatic N) is 4. The third kappa shape index (κ3) is 1.47. The van der Waals surface area contributed by atoms with E-state index in [-0.39, 0.29) is 6.04 Å². The Kier molecular flexibility index (Phi) is 2.23. The molecule has 3 rings (SSSR count). The minimum atomic E-state index is -0.788. The molecular formula is C10H13N5O2. The second-order valence-corrected chi connectivity index (χ2v) is 4.29. The average molecular weight is 235 g/mol. The van der Waals surface area contributed by atoms with Gasteiger partial charge < -0.3 is 20.5 Å². The standard InChI is InChI=1S/C10H13N5O2/c11-9-7-10(13-3-12-9)15(4-14-7)5-1-2-6(16)8(5)17/h3-6,8,16-17H,1-2H2,(H2,11,12,13)/t5-,6?,8?/m0/s1. The van der Waals surface area contributed by atoms with Crippen molar-refractivity contribution in [3.63, 3.8) is 0 Å². The van der Waals surface area contributed by atoms with E-state index in [1.165, 1.54) is 6.33 Å². The zero-order chi connectivity index (χ0) is 12.0. The molecule has 0 aromatic carbocycles. The maximum atomic E-state index is 9.88. The first-order valence-electron chi connectivity index (χ1n) is 5.47. The molecule has 7 nitrogen and oxygen atoms in total. The fourth-order valence-electron chi connectivity index (χ4n) is 2.36. The highest BCUT2D eigenvalue weighted by Gasteiger charge is 2.35.